The number of aromatic nitrogens is 1. The quantitative estimate of drug-likeness (QED) is 0.830. The highest BCUT2D eigenvalue weighted by molar-refractivity contribution is 5.91. The minimum atomic E-state index is -0.273. The van der Waals surface area contributed by atoms with Gasteiger partial charge in [0.15, 0.2) is 12.3 Å². The SMILES string of the molecule is COc1cccc(OCc2nc(C(=O)NCC3CCCCO3)co2)c1. The number of hydrogen-bond donors (Lipinski definition) is 1. The lowest BCUT2D eigenvalue weighted by Gasteiger charge is -2.22. The largest absolute Gasteiger partial charge is 0.497 e. The molecule has 1 amide bonds. The molecule has 3 rings (SSSR count). The van der Waals surface area contributed by atoms with Gasteiger partial charge in [-0.05, 0) is 31.4 Å². The lowest BCUT2D eigenvalue weighted by molar-refractivity contribution is 0.0168. The molecule has 1 N–H and O–H groups in total. The van der Waals surface area contributed by atoms with E-state index in [1.54, 1.807) is 13.2 Å². The summed E-state index contributed by atoms with van der Waals surface area (Å²) in [6, 6.07) is 7.23. The lowest BCUT2D eigenvalue weighted by Crippen LogP contribution is -2.35. The van der Waals surface area contributed by atoms with Crippen LogP contribution in [-0.2, 0) is 11.3 Å². The zero-order valence-corrected chi connectivity index (χ0v) is 14.2. The number of nitrogens with one attached hydrogen (secondary N) is 1. The summed E-state index contributed by atoms with van der Waals surface area (Å²) in [5.74, 6) is 1.40. The third kappa shape index (κ3) is 4.96. The highest BCUT2D eigenvalue weighted by atomic mass is 16.5. The maximum absolute atomic E-state index is 12.1. The van der Waals surface area contributed by atoms with Crippen LogP contribution in [0.1, 0.15) is 35.6 Å². The molecule has 134 valence electrons. The van der Waals surface area contributed by atoms with Crippen LogP contribution in [0.15, 0.2) is 34.9 Å². The van der Waals surface area contributed by atoms with E-state index in [1.165, 1.54) is 6.26 Å². The fourth-order valence-electron chi connectivity index (χ4n) is 2.58. The van der Waals surface area contributed by atoms with Gasteiger partial charge in [-0.25, -0.2) is 4.98 Å². The van der Waals surface area contributed by atoms with E-state index in [-0.39, 0.29) is 24.3 Å². The second kappa shape index (κ2) is 8.53. The van der Waals surface area contributed by atoms with Crippen molar-refractivity contribution in [2.75, 3.05) is 20.3 Å². The Morgan fingerprint density at radius 3 is 3.04 bits per heavy atom. The maximum Gasteiger partial charge on any atom is 0.273 e. The van der Waals surface area contributed by atoms with Crippen LogP contribution in [0.3, 0.4) is 0 Å². The fourth-order valence-corrected chi connectivity index (χ4v) is 2.58. The van der Waals surface area contributed by atoms with Crippen LogP contribution >= 0.6 is 0 Å². The topological polar surface area (TPSA) is 82.8 Å². The van der Waals surface area contributed by atoms with E-state index in [4.69, 9.17) is 18.6 Å². The van der Waals surface area contributed by atoms with Crippen molar-refractivity contribution >= 4 is 5.91 Å². The van der Waals surface area contributed by atoms with E-state index in [9.17, 15) is 4.79 Å². The zero-order chi connectivity index (χ0) is 17.5. The van der Waals surface area contributed by atoms with E-state index < -0.39 is 0 Å². The number of rotatable bonds is 7. The average molecular weight is 346 g/mol. The van der Waals surface area contributed by atoms with Crippen molar-refractivity contribution in [3.8, 4) is 11.5 Å². The monoisotopic (exact) mass is 346 g/mol. The van der Waals surface area contributed by atoms with Gasteiger partial charge >= 0.3 is 0 Å². The molecule has 0 spiro atoms. The van der Waals surface area contributed by atoms with Gasteiger partial charge in [0.05, 0.1) is 13.2 Å². The first-order valence-electron chi connectivity index (χ1n) is 8.35. The van der Waals surface area contributed by atoms with Crippen molar-refractivity contribution in [2.45, 2.75) is 32.0 Å². The summed E-state index contributed by atoms with van der Waals surface area (Å²) < 4.78 is 21.6. The number of amides is 1. The van der Waals surface area contributed by atoms with Crippen molar-refractivity contribution in [2.24, 2.45) is 0 Å². The normalized spacial score (nSPS) is 17.1. The van der Waals surface area contributed by atoms with Gasteiger partial charge in [0.1, 0.15) is 17.8 Å². The van der Waals surface area contributed by atoms with Crippen molar-refractivity contribution in [1.29, 1.82) is 0 Å². The number of benzene rings is 1. The summed E-state index contributed by atoms with van der Waals surface area (Å²) in [7, 11) is 1.59. The lowest BCUT2D eigenvalue weighted by atomic mass is 10.1. The van der Waals surface area contributed by atoms with E-state index in [2.05, 4.69) is 10.3 Å². The Labute approximate surface area is 146 Å². The minimum absolute atomic E-state index is 0.0838. The van der Waals surface area contributed by atoms with Gasteiger partial charge < -0.3 is 23.9 Å². The molecule has 1 aromatic heterocycles. The average Bonchev–Trinajstić information content (AvgIpc) is 3.14. The van der Waals surface area contributed by atoms with Gasteiger partial charge in [-0.15, -0.1) is 0 Å². The Kier molecular flexibility index (Phi) is 5.90. The summed E-state index contributed by atoms with van der Waals surface area (Å²) in [6.45, 7) is 1.38. The Bertz CT molecular complexity index is 694. The second-order valence-corrected chi connectivity index (χ2v) is 5.79. The molecule has 1 unspecified atom stereocenters. The molecule has 25 heavy (non-hydrogen) atoms. The van der Waals surface area contributed by atoms with Crippen LogP contribution in [0.5, 0.6) is 11.5 Å². The predicted octanol–water partition coefficient (Wildman–Crippen LogP) is 2.56. The smallest absolute Gasteiger partial charge is 0.273 e. The summed E-state index contributed by atoms with van der Waals surface area (Å²) in [5, 5.41) is 2.83. The first-order chi connectivity index (χ1) is 12.2. The highest BCUT2D eigenvalue weighted by Gasteiger charge is 2.17. The van der Waals surface area contributed by atoms with Gasteiger partial charge in [-0.3, -0.25) is 4.79 Å². The highest BCUT2D eigenvalue weighted by Crippen LogP contribution is 2.20. The summed E-state index contributed by atoms with van der Waals surface area (Å²) >= 11 is 0. The van der Waals surface area contributed by atoms with Crippen molar-refractivity contribution < 1.29 is 23.4 Å². The predicted molar refractivity (Wildman–Crippen MR) is 89.8 cm³/mol. The molecule has 0 saturated carbocycles. The van der Waals surface area contributed by atoms with E-state index >= 15 is 0 Å². The number of methoxy groups -OCH3 is 1. The third-order valence-corrected chi connectivity index (χ3v) is 3.95. The first-order valence-corrected chi connectivity index (χ1v) is 8.35. The number of carbonyl (C=O) groups excluding carboxylic acids is 1. The molecule has 7 nitrogen and oxygen atoms in total. The fraction of sp³-hybridized carbons (Fsp3) is 0.444. The number of oxazole rings is 1. The molecule has 2 aromatic rings. The number of carbonyl (C=O) groups is 1. The molecule has 2 heterocycles. The van der Waals surface area contributed by atoms with Crippen LogP contribution in [0, 0.1) is 0 Å². The maximum atomic E-state index is 12.1. The van der Waals surface area contributed by atoms with Gasteiger partial charge in [0.25, 0.3) is 5.91 Å². The summed E-state index contributed by atoms with van der Waals surface area (Å²) in [5.41, 5.74) is 0.236. The van der Waals surface area contributed by atoms with E-state index in [0.717, 1.165) is 25.9 Å². The molecular weight excluding hydrogens is 324 g/mol. The summed E-state index contributed by atoms with van der Waals surface area (Å²) in [4.78, 5) is 16.3. The Morgan fingerprint density at radius 1 is 1.36 bits per heavy atom. The Balaban J connectivity index is 1.48. The van der Waals surface area contributed by atoms with Crippen molar-refractivity contribution in [1.82, 2.24) is 10.3 Å². The van der Waals surface area contributed by atoms with E-state index in [1.807, 2.05) is 18.2 Å². The minimum Gasteiger partial charge on any atom is -0.497 e. The molecule has 1 aliphatic rings. The van der Waals surface area contributed by atoms with Crippen LogP contribution in [0.25, 0.3) is 0 Å². The van der Waals surface area contributed by atoms with Gasteiger partial charge in [-0.1, -0.05) is 6.07 Å². The standard InChI is InChI=1S/C18H22N2O5/c1-22-13-6-4-7-14(9-13)24-12-17-20-16(11-25-17)18(21)19-10-15-5-2-3-8-23-15/h4,6-7,9,11,15H,2-3,5,8,10,12H2,1H3,(H,19,21). The third-order valence-electron chi connectivity index (χ3n) is 3.95. The zero-order valence-electron chi connectivity index (χ0n) is 14.2. The molecular formula is C18H22N2O5. The van der Waals surface area contributed by atoms with Gasteiger partial charge in [0.2, 0.25) is 5.89 Å². The van der Waals surface area contributed by atoms with Crippen LogP contribution in [0.4, 0.5) is 0 Å². The molecule has 1 fully saturated rings. The molecule has 0 aliphatic carbocycles. The molecule has 7 heteroatoms. The van der Waals surface area contributed by atoms with Crippen LogP contribution < -0.4 is 14.8 Å². The van der Waals surface area contributed by atoms with Gasteiger partial charge in [-0.2, -0.15) is 0 Å². The van der Waals surface area contributed by atoms with Crippen LogP contribution in [0.2, 0.25) is 0 Å². The Hall–Kier alpha value is -2.54. The summed E-state index contributed by atoms with van der Waals surface area (Å²) in [6.07, 6.45) is 4.61. The molecule has 1 atom stereocenters. The molecule has 1 saturated heterocycles. The molecule has 1 aromatic carbocycles. The number of ether oxygens (including phenoxy) is 3. The van der Waals surface area contributed by atoms with E-state index in [0.29, 0.717) is 23.9 Å². The number of nitrogens with zero attached hydrogens (tertiary/aromatic N) is 1. The molecule has 1 aliphatic heterocycles. The number of hydrogen-bond acceptors (Lipinski definition) is 6. The van der Waals surface area contributed by atoms with Crippen molar-refractivity contribution in [3.05, 3.63) is 42.1 Å². The second-order valence-electron chi connectivity index (χ2n) is 5.79. The Morgan fingerprint density at radius 2 is 2.24 bits per heavy atom. The van der Waals surface area contributed by atoms with Crippen LogP contribution in [-0.4, -0.2) is 37.3 Å². The molecule has 0 bridgehead atoms. The molecule has 0 radical (unpaired) electrons. The van der Waals surface area contributed by atoms with Crippen molar-refractivity contribution in [3.63, 3.8) is 0 Å². The van der Waals surface area contributed by atoms with Gasteiger partial charge in [0, 0.05) is 19.2 Å². The first kappa shape index (κ1) is 17.3.